The summed E-state index contributed by atoms with van der Waals surface area (Å²) in [7, 11) is 0. The van der Waals surface area contributed by atoms with E-state index in [0.717, 1.165) is 30.6 Å². The Morgan fingerprint density at radius 1 is 1.44 bits per heavy atom. The molecule has 5 heteroatoms. The molecule has 3 rings (SSSR count). The quantitative estimate of drug-likeness (QED) is 0.859. The average molecular weight is 243 g/mol. The summed E-state index contributed by atoms with van der Waals surface area (Å²) in [6, 6.07) is 2.67. The highest BCUT2D eigenvalue weighted by Gasteiger charge is 2.20. The number of rotatable bonds is 5. The van der Waals surface area contributed by atoms with Gasteiger partial charge in [-0.3, -0.25) is 0 Å². The van der Waals surface area contributed by atoms with E-state index < -0.39 is 0 Å². The molecule has 1 saturated carbocycles. The maximum Gasteiger partial charge on any atom is 0.125 e. The van der Waals surface area contributed by atoms with Crippen molar-refractivity contribution in [3.63, 3.8) is 0 Å². The first-order valence-corrected chi connectivity index (χ1v) is 6.32. The monoisotopic (exact) mass is 243 g/mol. The Morgan fingerprint density at radius 2 is 2.33 bits per heavy atom. The van der Waals surface area contributed by atoms with Gasteiger partial charge in [-0.2, -0.15) is 0 Å². The van der Waals surface area contributed by atoms with Crippen molar-refractivity contribution in [3.8, 4) is 0 Å². The van der Waals surface area contributed by atoms with Crippen LogP contribution >= 0.6 is 0 Å². The molecule has 0 aromatic carbocycles. The smallest absolute Gasteiger partial charge is 0.125 e. The molecule has 0 spiro atoms. The molecular weight excluding hydrogens is 226 g/mol. The third-order valence-corrected chi connectivity index (χ3v) is 3.11. The van der Waals surface area contributed by atoms with Crippen molar-refractivity contribution in [3.05, 3.63) is 42.0 Å². The highest BCUT2D eigenvalue weighted by Crippen LogP contribution is 2.19. The summed E-state index contributed by atoms with van der Waals surface area (Å²) in [6.45, 7) is 3.55. The van der Waals surface area contributed by atoms with Crippen molar-refractivity contribution in [1.82, 2.24) is 24.8 Å². The predicted molar refractivity (Wildman–Crippen MR) is 68.0 cm³/mol. The van der Waals surface area contributed by atoms with Crippen molar-refractivity contribution in [2.24, 2.45) is 0 Å². The lowest BCUT2D eigenvalue weighted by atomic mass is 10.3. The number of hydrogen-bond donors (Lipinski definition) is 1. The Bertz CT molecular complexity index is 530. The maximum atomic E-state index is 4.42. The number of nitrogens with zero attached hydrogens (tertiary/aromatic N) is 4. The molecule has 0 bridgehead atoms. The fraction of sp³-hybridized carbons (Fsp3) is 0.462. The molecule has 0 amide bonds. The largest absolute Gasteiger partial charge is 0.327 e. The van der Waals surface area contributed by atoms with Crippen LogP contribution in [0.1, 0.15) is 30.1 Å². The molecule has 94 valence electrons. The molecule has 18 heavy (non-hydrogen) atoms. The van der Waals surface area contributed by atoms with Gasteiger partial charge in [-0.15, -0.1) is 0 Å². The number of aromatic nitrogens is 4. The van der Waals surface area contributed by atoms with Crippen LogP contribution in [-0.4, -0.2) is 25.6 Å². The number of nitrogens with one attached hydrogen (secondary N) is 1. The zero-order valence-electron chi connectivity index (χ0n) is 10.5. The molecule has 0 saturated heterocycles. The topological polar surface area (TPSA) is 55.6 Å². The minimum absolute atomic E-state index is 0.717. The molecule has 2 aromatic heterocycles. The molecule has 2 aromatic rings. The van der Waals surface area contributed by atoms with Gasteiger partial charge in [0.15, 0.2) is 0 Å². The van der Waals surface area contributed by atoms with Crippen molar-refractivity contribution < 1.29 is 0 Å². The minimum atomic E-state index is 0.717. The third-order valence-electron chi connectivity index (χ3n) is 3.11. The maximum absolute atomic E-state index is 4.42. The van der Waals surface area contributed by atoms with Gasteiger partial charge in [0.25, 0.3) is 0 Å². The van der Waals surface area contributed by atoms with E-state index in [9.17, 15) is 0 Å². The van der Waals surface area contributed by atoms with Crippen LogP contribution in [0.3, 0.4) is 0 Å². The molecule has 0 unspecified atom stereocenters. The zero-order chi connectivity index (χ0) is 12.4. The van der Waals surface area contributed by atoms with Crippen LogP contribution in [0, 0.1) is 6.92 Å². The van der Waals surface area contributed by atoms with Crippen molar-refractivity contribution in [2.45, 2.75) is 38.9 Å². The second-order valence-corrected chi connectivity index (χ2v) is 4.76. The van der Waals surface area contributed by atoms with Gasteiger partial charge < -0.3 is 9.88 Å². The molecule has 1 aliphatic carbocycles. The fourth-order valence-electron chi connectivity index (χ4n) is 1.94. The van der Waals surface area contributed by atoms with Crippen LogP contribution in [0.2, 0.25) is 0 Å². The summed E-state index contributed by atoms with van der Waals surface area (Å²) < 4.78 is 2.14. The Labute approximate surface area is 106 Å². The SMILES string of the molecule is Cc1nccc(Cn2cncc2CNC2CC2)n1. The van der Waals surface area contributed by atoms with Crippen LogP contribution in [0.4, 0.5) is 0 Å². The molecule has 2 heterocycles. The zero-order valence-corrected chi connectivity index (χ0v) is 10.5. The lowest BCUT2D eigenvalue weighted by molar-refractivity contribution is 0.629. The summed E-state index contributed by atoms with van der Waals surface area (Å²) in [5, 5.41) is 3.50. The minimum Gasteiger partial charge on any atom is -0.327 e. The normalized spacial score (nSPS) is 14.9. The Morgan fingerprint density at radius 3 is 3.11 bits per heavy atom. The molecule has 0 aliphatic heterocycles. The van der Waals surface area contributed by atoms with E-state index in [1.807, 2.05) is 25.5 Å². The lowest BCUT2D eigenvalue weighted by Crippen LogP contribution is -2.18. The number of hydrogen-bond acceptors (Lipinski definition) is 4. The second-order valence-electron chi connectivity index (χ2n) is 4.76. The van der Waals surface area contributed by atoms with E-state index >= 15 is 0 Å². The van der Waals surface area contributed by atoms with Crippen molar-refractivity contribution in [1.29, 1.82) is 0 Å². The second kappa shape index (κ2) is 4.86. The van der Waals surface area contributed by atoms with E-state index in [1.165, 1.54) is 18.5 Å². The molecule has 1 fully saturated rings. The van der Waals surface area contributed by atoms with Crippen LogP contribution in [-0.2, 0) is 13.1 Å². The Hall–Kier alpha value is -1.75. The lowest BCUT2D eigenvalue weighted by Gasteiger charge is -2.08. The van der Waals surface area contributed by atoms with Gasteiger partial charge in [0, 0.05) is 25.0 Å². The van der Waals surface area contributed by atoms with Gasteiger partial charge in [0.05, 0.1) is 24.3 Å². The van der Waals surface area contributed by atoms with E-state index in [2.05, 4.69) is 24.8 Å². The van der Waals surface area contributed by atoms with Crippen LogP contribution < -0.4 is 5.32 Å². The van der Waals surface area contributed by atoms with Crippen molar-refractivity contribution in [2.75, 3.05) is 0 Å². The first kappa shape index (κ1) is 11.3. The van der Waals surface area contributed by atoms with Gasteiger partial charge in [0.1, 0.15) is 5.82 Å². The van der Waals surface area contributed by atoms with Crippen molar-refractivity contribution >= 4 is 0 Å². The average Bonchev–Trinajstić information content (AvgIpc) is 3.08. The summed E-state index contributed by atoms with van der Waals surface area (Å²) in [5.41, 5.74) is 2.23. The Kier molecular flexibility index (Phi) is 3.06. The first-order chi connectivity index (χ1) is 8.81. The van der Waals surface area contributed by atoms with Gasteiger partial charge in [-0.05, 0) is 25.8 Å². The fourth-order valence-corrected chi connectivity index (χ4v) is 1.94. The van der Waals surface area contributed by atoms with Gasteiger partial charge in [-0.25, -0.2) is 15.0 Å². The molecule has 1 aliphatic rings. The number of aryl methyl sites for hydroxylation is 1. The first-order valence-electron chi connectivity index (χ1n) is 6.32. The van der Waals surface area contributed by atoms with Gasteiger partial charge in [0.2, 0.25) is 0 Å². The molecule has 5 nitrogen and oxygen atoms in total. The number of imidazole rings is 1. The van der Waals surface area contributed by atoms with E-state index in [-0.39, 0.29) is 0 Å². The molecule has 0 atom stereocenters. The van der Waals surface area contributed by atoms with E-state index in [1.54, 1.807) is 6.20 Å². The summed E-state index contributed by atoms with van der Waals surface area (Å²) in [5.74, 6) is 0.810. The van der Waals surface area contributed by atoms with Crippen LogP contribution in [0.5, 0.6) is 0 Å². The Balaban J connectivity index is 1.69. The highest BCUT2D eigenvalue weighted by molar-refractivity contribution is 5.07. The third kappa shape index (κ3) is 2.73. The highest BCUT2D eigenvalue weighted by atomic mass is 15.1. The summed E-state index contributed by atoms with van der Waals surface area (Å²) in [4.78, 5) is 12.7. The summed E-state index contributed by atoms with van der Waals surface area (Å²) >= 11 is 0. The van der Waals surface area contributed by atoms with E-state index in [4.69, 9.17) is 0 Å². The van der Waals surface area contributed by atoms with E-state index in [0.29, 0.717) is 0 Å². The predicted octanol–water partition coefficient (Wildman–Crippen LogP) is 1.28. The summed E-state index contributed by atoms with van der Waals surface area (Å²) in [6.07, 6.45) is 8.19. The van der Waals surface area contributed by atoms with Gasteiger partial charge in [-0.1, -0.05) is 0 Å². The van der Waals surface area contributed by atoms with Crippen LogP contribution in [0.25, 0.3) is 0 Å². The van der Waals surface area contributed by atoms with Gasteiger partial charge >= 0.3 is 0 Å². The molecule has 0 radical (unpaired) electrons. The molecular formula is C13H17N5. The standard InChI is InChI=1S/C13H17N5/c1-10-15-5-4-12(17-10)8-18-9-14-6-13(18)7-16-11-2-3-11/h4-6,9,11,16H,2-3,7-8H2,1H3. The van der Waals surface area contributed by atoms with Crippen LogP contribution in [0.15, 0.2) is 24.8 Å². The molecule has 1 N–H and O–H groups in total.